The molecular weight excluding hydrogens is 598 g/mol. The highest BCUT2D eigenvalue weighted by Gasteiger charge is 2.60. The molecule has 5 atom stereocenters. The van der Waals surface area contributed by atoms with Gasteiger partial charge < -0.3 is 25.7 Å². The number of allylic oxidation sites excluding steroid dienone is 1. The number of rotatable bonds is 17. The Labute approximate surface area is 266 Å². The zero-order chi connectivity index (χ0) is 32.6. The SMILES string of the molecule is CCCCC/C=C\C1C[C@]1(NC(O)[C@@H]1CCCN1C(=O)CNC(=O)NC(CN(C)S(=O)(=O)c1ccccc1)C1CCC1)C(=O)O. The number of carboxylic acid groups (broad SMARTS) is 1. The standard InChI is InChI=1S/C32H49N5O7S/c1-3-4-5-6-8-15-24-20-32(24,30(40)41)35-29(39)27-18-12-19-37(27)28(38)21-33-31(42)34-26(23-13-11-14-23)22-36(2)45(43,44)25-16-9-7-10-17-25/h7-10,15-17,23-24,26-27,29,35,39H,3-6,11-14,18-22H2,1-2H3,(H,40,41)(H2,33,34,42)/b15-8-/t24?,26?,27-,29?,32+/m0/s1. The zero-order valence-electron chi connectivity index (χ0n) is 26.4. The van der Waals surface area contributed by atoms with Crippen LogP contribution in [0.4, 0.5) is 4.79 Å². The fourth-order valence-electron chi connectivity index (χ4n) is 6.34. The van der Waals surface area contributed by atoms with Gasteiger partial charge in [-0.2, -0.15) is 4.31 Å². The maximum Gasteiger partial charge on any atom is 0.324 e. The van der Waals surface area contributed by atoms with Crippen LogP contribution < -0.4 is 16.0 Å². The minimum absolute atomic E-state index is 0.0928. The molecule has 3 amide bonds. The maximum atomic E-state index is 13.2. The topological polar surface area (TPSA) is 168 Å². The van der Waals surface area contributed by atoms with Crippen molar-refractivity contribution in [1.82, 2.24) is 25.2 Å². The van der Waals surface area contributed by atoms with Gasteiger partial charge in [0.25, 0.3) is 0 Å². The maximum absolute atomic E-state index is 13.2. The number of unbranched alkanes of at least 4 members (excludes halogenated alkanes) is 3. The van der Waals surface area contributed by atoms with Crippen LogP contribution in [0.2, 0.25) is 0 Å². The number of aliphatic hydroxyl groups is 1. The van der Waals surface area contributed by atoms with E-state index in [1.165, 1.54) is 28.4 Å². The summed E-state index contributed by atoms with van der Waals surface area (Å²) in [6.45, 7) is 2.30. The molecule has 0 bridgehead atoms. The Bertz CT molecular complexity index is 1310. The number of nitrogens with one attached hydrogen (secondary N) is 3. The lowest BCUT2D eigenvalue weighted by Crippen LogP contribution is -2.57. The molecule has 4 rings (SSSR count). The van der Waals surface area contributed by atoms with E-state index in [0.29, 0.717) is 25.8 Å². The number of likely N-dealkylation sites (N-methyl/N-ethyl adjacent to an activating group) is 1. The van der Waals surface area contributed by atoms with Crippen LogP contribution in [0.25, 0.3) is 0 Å². The van der Waals surface area contributed by atoms with Crippen LogP contribution in [0.3, 0.4) is 0 Å². The molecule has 2 aliphatic carbocycles. The van der Waals surface area contributed by atoms with Crippen molar-refractivity contribution in [3.8, 4) is 0 Å². The Kier molecular flexibility index (Phi) is 12.0. The van der Waals surface area contributed by atoms with E-state index >= 15 is 0 Å². The molecule has 1 saturated heterocycles. The van der Waals surface area contributed by atoms with E-state index in [4.69, 9.17) is 0 Å². The van der Waals surface area contributed by atoms with Crippen LogP contribution in [0.5, 0.6) is 0 Å². The number of aliphatic hydroxyl groups excluding tert-OH is 1. The van der Waals surface area contributed by atoms with Gasteiger partial charge in [-0.1, -0.05) is 56.5 Å². The number of urea groups is 1. The van der Waals surface area contributed by atoms with Crippen molar-refractivity contribution in [2.24, 2.45) is 11.8 Å². The lowest BCUT2D eigenvalue weighted by atomic mass is 9.79. The Morgan fingerprint density at radius 2 is 1.87 bits per heavy atom. The fourth-order valence-corrected chi connectivity index (χ4v) is 7.55. The summed E-state index contributed by atoms with van der Waals surface area (Å²) < 4.78 is 27.3. The van der Waals surface area contributed by atoms with Gasteiger partial charge in [0.2, 0.25) is 15.9 Å². The van der Waals surface area contributed by atoms with Crippen LogP contribution in [0.1, 0.15) is 71.1 Å². The van der Waals surface area contributed by atoms with Crippen LogP contribution in [-0.4, -0.2) is 96.3 Å². The number of hydrogen-bond acceptors (Lipinski definition) is 7. The molecule has 1 aromatic rings. The third-order valence-corrected chi connectivity index (χ3v) is 11.3. The molecule has 5 N–H and O–H groups in total. The van der Waals surface area contributed by atoms with Gasteiger partial charge >= 0.3 is 12.0 Å². The Morgan fingerprint density at radius 1 is 1.13 bits per heavy atom. The quantitative estimate of drug-likeness (QED) is 0.0977. The largest absolute Gasteiger partial charge is 0.480 e. The van der Waals surface area contributed by atoms with E-state index in [-0.39, 0.29) is 35.7 Å². The van der Waals surface area contributed by atoms with Crippen molar-refractivity contribution >= 4 is 27.9 Å². The third kappa shape index (κ3) is 8.63. The predicted octanol–water partition coefficient (Wildman–Crippen LogP) is 2.65. The predicted molar refractivity (Wildman–Crippen MR) is 170 cm³/mol. The number of hydrogen-bond donors (Lipinski definition) is 5. The lowest BCUT2D eigenvalue weighted by Gasteiger charge is -2.36. The number of carbonyl (C=O) groups is 3. The van der Waals surface area contributed by atoms with Gasteiger partial charge in [0, 0.05) is 32.1 Å². The molecule has 1 heterocycles. The van der Waals surface area contributed by atoms with E-state index in [0.717, 1.165) is 44.9 Å². The second kappa shape index (κ2) is 15.5. The molecule has 3 unspecified atom stereocenters. The monoisotopic (exact) mass is 647 g/mol. The number of likely N-dealkylation sites (tertiary alicyclic amines) is 1. The van der Waals surface area contributed by atoms with Gasteiger partial charge in [0.05, 0.1) is 17.5 Å². The molecule has 2 saturated carbocycles. The van der Waals surface area contributed by atoms with Gasteiger partial charge in [-0.05, 0) is 63.0 Å². The van der Waals surface area contributed by atoms with Crippen molar-refractivity contribution in [2.45, 2.75) is 99.9 Å². The molecular formula is C32H49N5O7S. The first-order valence-corrected chi connectivity index (χ1v) is 17.6. The van der Waals surface area contributed by atoms with Gasteiger partial charge in [-0.25, -0.2) is 13.2 Å². The molecule has 45 heavy (non-hydrogen) atoms. The highest BCUT2D eigenvalue weighted by atomic mass is 32.2. The van der Waals surface area contributed by atoms with Gasteiger partial charge in [0.15, 0.2) is 0 Å². The summed E-state index contributed by atoms with van der Waals surface area (Å²) in [6, 6.07) is 6.51. The van der Waals surface area contributed by atoms with Gasteiger partial charge in [-0.15, -0.1) is 0 Å². The molecule has 0 spiro atoms. The minimum Gasteiger partial charge on any atom is -0.480 e. The minimum atomic E-state index is -3.73. The number of sulfonamides is 1. The first kappa shape index (κ1) is 34.9. The number of amides is 3. The molecule has 3 aliphatic rings. The first-order chi connectivity index (χ1) is 21.5. The second-order valence-electron chi connectivity index (χ2n) is 12.6. The fraction of sp³-hybridized carbons (Fsp3) is 0.656. The highest BCUT2D eigenvalue weighted by Crippen LogP contribution is 2.45. The highest BCUT2D eigenvalue weighted by molar-refractivity contribution is 7.89. The molecule has 3 fully saturated rings. The van der Waals surface area contributed by atoms with E-state index < -0.39 is 45.9 Å². The third-order valence-electron chi connectivity index (χ3n) is 9.47. The van der Waals surface area contributed by atoms with Crippen LogP contribution >= 0.6 is 0 Å². The molecule has 13 heteroatoms. The molecule has 250 valence electrons. The summed E-state index contributed by atoms with van der Waals surface area (Å²) in [5.74, 6) is -1.51. The van der Waals surface area contributed by atoms with Gasteiger partial charge in [0.1, 0.15) is 11.8 Å². The Morgan fingerprint density at radius 3 is 2.51 bits per heavy atom. The van der Waals surface area contributed by atoms with Crippen molar-refractivity contribution in [3.05, 3.63) is 42.5 Å². The van der Waals surface area contributed by atoms with Crippen molar-refractivity contribution in [2.75, 3.05) is 26.7 Å². The first-order valence-electron chi connectivity index (χ1n) is 16.2. The van der Waals surface area contributed by atoms with Crippen molar-refractivity contribution < 1.29 is 33.0 Å². The van der Waals surface area contributed by atoms with Crippen LogP contribution in [0.15, 0.2) is 47.4 Å². The summed E-state index contributed by atoms with van der Waals surface area (Å²) in [4.78, 5) is 39.9. The molecule has 0 aromatic heterocycles. The average Bonchev–Trinajstić information content (AvgIpc) is 3.45. The van der Waals surface area contributed by atoms with Crippen molar-refractivity contribution in [3.63, 3.8) is 0 Å². The van der Waals surface area contributed by atoms with Crippen LogP contribution in [0, 0.1) is 11.8 Å². The molecule has 1 aliphatic heterocycles. The summed E-state index contributed by atoms with van der Waals surface area (Å²) >= 11 is 0. The van der Waals surface area contributed by atoms with Crippen molar-refractivity contribution in [1.29, 1.82) is 0 Å². The number of carbonyl (C=O) groups excluding carboxylic acids is 2. The summed E-state index contributed by atoms with van der Waals surface area (Å²) in [5.41, 5.74) is -1.26. The molecule has 1 aromatic carbocycles. The van der Waals surface area contributed by atoms with E-state index in [1.807, 2.05) is 12.2 Å². The molecule has 0 radical (unpaired) electrons. The van der Waals surface area contributed by atoms with E-state index in [9.17, 15) is 33.0 Å². The molecule has 12 nitrogen and oxygen atoms in total. The normalized spacial score (nSPS) is 24.8. The zero-order valence-corrected chi connectivity index (χ0v) is 27.2. The number of nitrogens with zero attached hydrogens (tertiary/aromatic N) is 2. The van der Waals surface area contributed by atoms with Crippen LogP contribution in [-0.2, 0) is 19.6 Å². The lowest BCUT2D eigenvalue weighted by molar-refractivity contribution is -0.143. The Balaban J connectivity index is 1.29. The average molecular weight is 648 g/mol. The van der Waals surface area contributed by atoms with E-state index in [1.54, 1.807) is 18.2 Å². The smallest absolute Gasteiger partial charge is 0.324 e. The van der Waals surface area contributed by atoms with E-state index in [2.05, 4.69) is 22.9 Å². The summed E-state index contributed by atoms with van der Waals surface area (Å²) in [6.07, 6.45) is 11.1. The number of aliphatic carboxylic acids is 1. The summed E-state index contributed by atoms with van der Waals surface area (Å²) in [7, 11) is -2.24. The Hall–Kier alpha value is -3.00. The number of carboxylic acids is 1. The second-order valence-corrected chi connectivity index (χ2v) is 14.7. The number of benzene rings is 1. The summed E-state index contributed by atoms with van der Waals surface area (Å²) in [5, 5.41) is 29.4. The van der Waals surface area contributed by atoms with Gasteiger partial charge in [-0.3, -0.25) is 14.9 Å².